The van der Waals surface area contributed by atoms with Crippen LogP contribution in [0.4, 0.5) is 0 Å². The maximum Gasteiger partial charge on any atom is -0.0188 e. The Morgan fingerprint density at radius 2 is 1.92 bits per heavy atom. The van der Waals surface area contributed by atoms with Gasteiger partial charge in [0.15, 0.2) is 0 Å². The van der Waals surface area contributed by atoms with Crippen LogP contribution in [0, 0.1) is 0 Å². The van der Waals surface area contributed by atoms with Gasteiger partial charge in [-0.3, -0.25) is 10.5 Å². The number of fused-ring (bicyclic) bond motifs is 1. The highest BCUT2D eigenvalue weighted by Gasteiger charge is 2.14. The molecule has 1 aromatic carbocycles. The molecule has 72 valence electrons. The van der Waals surface area contributed by atoms with Crippen molar-refractivity contribution in [2.24, 2.45) is 0 Å². The smallest absolute Gasteiger partial charge is 0.0188 e. The van der Waals surface area contributed by atoms with Crippen molar-refractivity contribution in [2.45, 2.75) is 32.1 Å². The molecule has 0 bridgehead atoms. The van der Waals surface area contributed by atoms with Crippen molar-refractivity contribution in [3.8, 4) is 0 Å². The van der Waals surface area contributed by atoms with Crippen molar-refractivity contribution in [3.63, 3.8) is 0 Å². The Morgan fingerprint density at radius 1 is 1.23 bits per heavy atom. The van der Waals surface area contributed by atoms with Crippen LogP contribution in [0.15, 0.2) is 24.3 Å². The fourth-order valence-electron chi connectivity index (χ4n) is 2.00. The minimum Gasteiger partial charge on any atom is -0.255 e. The van der Waals surface area contributed by atoms with Crippen molar-refractivity contribution >= 4 is 0 Å². The lowest BCUT2D eigenvalue weighted by Gasteiger charge is -2.21. The third-order valence-corrected chi connectivity index (χ3v) is 2.67. The van der Waals surface area contributed by atoms with Crippen molar-refractivity contribution < 1.29 is 10.5 Å². The Balaban J connectivity index is 0.000000396. The third kappa shape index (κ3) is 2.29. The summed E-state index contributed by atoms with van der Waals surface area (Å²) in [6, 6.07) is 8.85. The van der Waals surface area contributed by atoms with Gasteiger partial charge in [-0.25, -0.2) is 0 Å². The van der Waals surface area contributed by atoms with E-state index in [-0.39, 0.29) is 0 Å². The van der Waals surface area contributed by atoms with E-state index in [9.17, 15) is 0 Å². The van der Waals surface area contributed by atoms with Gasteiger partial charge in [0.2, 0.25) is 0 Å². The molecule has 1 aliphatic carbocycles. The maximum atomic E-state index is 6.00. The molecule has 1 atom stereocenters. The van der Waals surface area contributed by atoms with Gasteiger partial charge in [0, 0.05) is 0 Å². The van der Waals surface area contributed by atoms with E-state index in [4.69, 9.17) is 10.5 Å². The highest BCUT2D eigenvalue weighted by Crippen LogP contribution is 2.30. The van der Waals surface area contributed by atoms with Crippen LogP contribution in [0.3, 0.4) is 0 Å². The summed E-state index contributed by atoms with van der Waals surface area (Å²) in [5, 5.41) is 12.0. The Morgan fingerprint density at radius 3 is 2.62 bits per heavy atom. The lowest BCUT2D eigenvalue weighted by atomic mass is 9.84. The lowest BCUT2D eigenvalue weighted by molar-refractivity contribution is -0.176. The van der Waals surface area contributed by atoms with Crippen LogP contribution in [0.1, 0.15) is 36.8 Å². The van der Waals surface area contributed by atoms with Gasteiger partial charge in [0.05, 0.1) is 0 Å². The van der Waals surface area contributed by atoms with Gasteiger partial charge < -0.3 is 0 Å². The molecule has 1 unspecified atom stereocenters. The van der Waals surface area contributed by atoms with Gasteiger partial charge in [0.1, 0.15) is 0 Å². The van der Waals surface area contributed by atoms with E-state index in [0.717, 1.165) is 5.92 Å². The van der Waals surface area contributed by atoms with Gasteiger partial charge in [0.25, 0.3) is 0 Å². The van der Waals surface area contributed by atoms with Crippen LogP contribution >= 0.6 is 0 Å². The quantitative estimate of drug-likeness (QED) is 0.475. The standard InChI is InChI=1S/C11H14.H2O2/c1-9-5-4-7-10-6-2-3-8-11(9)10;1-2/h2-3,6,8-9H,4-5,7H2,1H3;1-2H. The number of hydrogen-bond donors (Lipinski definition) is 2. The van der Waals surface area contributed by atoms with E-state index in [2.05, 4.69) is 31.2 Å². The number of aryl methyl sites for hydroxylation is 1. The van der Waals surface area contributed by atoms with Crippen molar-refractivity contribution in [1.29, 1.82) is 0 Å². The summed E-state index contributed by atoms with van der Waals surface area (Å²) in [6.07, 6.45) is 4.04. The Labute approximate surface area is 78.8 Å². The Hall–Kier alpha value is -0.860. The third-order valence-electron chi connectivity index (χ3n) is 2.67. The maximum absolute atomic E-state index is 6.00. The van der Waals surface area contributed by atoms with E-state index >= 15 is 0 Å². The van der Waals surface area contributed by atoms with E-state index in [1.807, 2.05) is 0 Å². The van der Waals surface area contributed by atoms with Gasteiger partial charge in [-0.05, 0) is 36.3 Å². The summed E-state index contributed by atoms with van der Waals surface area (Å²) in [5.74, 6) is 0.792. The average molecular weight is 180 g/mol. The fourth-order valence-corrected chi connectivity index (χ4v) is 2.00. The second-order valence-electron chi connectivity index (χ2n) is 3.49. The molecular weight excluding hydrogens is 164 g/mol. The highest BCUT2D eigenvalue weighted by molar-refractivity contribution is 5.31. The van der Waals surface area contributed by atoms with Crippen LogP contribution < -0.4 is 0 Å². The second kappa shape index (κ2) is 5.00. The molecule has 0 saturated carbocycles. The van der Waals surface area contributed by atoms with Gasteiger partial charge in [-0.15, -0.1) is 0 Å². The topological polar surface area (TPSA) is 40.5 Å². The molecule has 0 fully saturated rings. The first-order chi connectivity index (χ1) is 6.38. The number of rotatable bonds is 0. The molecule has 2 N–H and O–H groups in total. The van der Waals surface area contributed by atoms with E-state index in [0.29, 0.717) is 0 Å². The molecule has 2 nitrogen and oxygen atoms in total. The predicted molar refractivity (Wildman–Crippen MR) is 53.1 cm³/mol. The van der Waals surface area contributed by atoms with Crippen molar-refractivity contribution in [3.05, 3.63) is 35.4 Å². The summed E-state index contributed by atoms with van der Waals surface area (Å²) in [7, 11) is 0. The second-order valence-corrected chi connectivity index (χ2v) is 3.49. The van der Waals surface area contributed by atoms with Gasteiger partial charge in [-0.2, -0.15) is 0 Å². The zero-order valence-corrected chi connectivity index (χ0v) is 7.90. The highest BCUT2D eigenvalue weighted by atomic mass is 17.0. The molecular formula is C11H16O2. The van der Waals surface area contributed by atoms with Crippen molar-refractivity contribution in [2.75, 3.05) is 0 Å². The average Bonchev–Trinajstić information content (AvgIpc) is 2.22. The normalized spacial score (nSPS) is 19.8. The van der Waals surface area contributed by atoms with Crippen LogP contribution in [0.2, 0.25) is 0 Å². The largest absolute Gasteiger partial charge is 0.255 e. The first-order valence-electron chi connectivity index (χ1n) is 4.66. The van der Waals surface area contributed by atoms with Crippen LogP contribution in [0.5, 0.6) is 0 Å². The Bertz CT molecular complexity index is 258. The van der Waals surface area contributed by atoms with Crippen LogP contribution in [-0.2, 0) is 6.42 Å². The minimum atomic E-state index is 0.792. The Kier molecular flexibility index (Phi) is 3.93. The fraction of sp³-hybridized carbons (Fsp3) is 0.455. The van der Waals surface area contributed by atoms with Crippen LogP contribution in [0.25, 0.3) is 0 Å². The van der Waals surface area contributed by atoms with E-state index < -0.39 is 0 Å². The zero-order chi connectivity index (χ0) is 9.68. The SMILES string of the molecule is CC1CCCc2ccccc21.OO. The summed E-state index contributed by atoms with van der Waals surface area (Å²) in [5.41, 5.74) is 3.16. The molecule has 0 amide bonds. The zero-order valence-electron chi connectivity index (χ0n) is 7.90. The first-order valence-corrected chi connectivity index (χ1v) is 4.66. The van der Waals surface area contributed by atoms with E-state index in [1.165, 1.54) is 19.3 Å². The van der Waals surface area contributed by atoms with E-state index in [1.54, 1.807) is 11.1 Å². The summed E-state index contributed by atoms with van der Waals surface area (Å²) in [4.78, 5) is 0. The molecule has 0 spiro atoms. The molecule has 13 heavy (non-hydrogen) atoms. The molecule has 0 radical (unpaired) electrons. The van der Waals surface area contributed by atoms with Gasteiger partial charge >= 0.3 is 0 Å². The first kappa shape index (κ1) is 10.2. The summed E-state index contributed by atoms with van der Waals surface area (Å²) in [6.45, 7) is 2.33. The molecule has 2 heteroatoms. The molecule has 0 aliphatic heterocycles. The molecule has 0 heterocycles. The lowest BCUT2D eigenvalue weighted by Crippen LogP contribution is -2.05. The predicted octanol–water partition coefficient (Wildman–Crippen LogP) is 3.14. The minimum absolute atomic E-state index is 0.792. The summed E-state index contributed by atoms with van der Waals surface area (Å²) >= 11 is 0. The number of hydrogen-bond acceptors (Lipinski definition) is 2. The molecule has 1 aromatic rings. The van der Waals surface area contributed by atoms with Crippen LogP contribution in [-0.4, -0.2) is 10.5 Å². The van der Waals surface area contributed by atoms with Crippen molar-refractivity contribution in [1.82, 2.24) is 0 Å². The summed E-state index contributed by atoms with van der Waals surface area (Å²) < 4.78 is 0. The van der Waals surface area contributed by atoms with Gasteiger partial charge in [-0.1, -0.05) is 31.2 Å². The monoisotopic (exact) mass is 180 g/mol. The number of benzene rings is 1. The molecule has 0 saturated heterocycles. The molecule has 0 aromatic heterocycles. The molecule has 2 rings (SSSR count). The molecule has 1 aliphatic rings.